The average molecular weight is 411 g/mol. The Morgan fingerprint density at radius 1 is 1.34 bits per heavy atom. The van der Waals surface area contributed by atoms with Crippen molar-refractivity contribution < 1.29 is 19.1 Å². The van der Waals surface area contributed by atoms with E-state index in [0.717, 1.165) is 16.8 Å². The van der Waals surface area contributed by atoms with Crippen molar-refractivity contribution >= 4 is 39.8 Å². The molecule has 0 bridgehead atoms. The van der Waals surface area contributed by atoms with Crippen LogP contribution in [0, 0.1) is 31.1 Å². The Morgan fingerprint density at radius 3 is 2.83 bits per heavy atom. The monoisotopic (exact) mass is 411 g/mol. The van der Waals surface area contributed by atoms with Crippen LogP contribution in [0.3, 0.4) is 0 Å². The molecule has 1 aromatic carbocycles. The van der Waals surface area contributed by atoms with Gasteiger partial charge in [-0.15, -0.1) is 11.3 Å². The number of amides is 2. The van der Waals surface area contributed by atoms with E-state index in [1.807, 2.05) is 38.1 Å². The number of carbonyl (C=O) groups is 3. The van der Waals surface area contributed by atoms with Gasteiger partial charge >= 0.3 is 5.97 Å². The number of rotatable bonds is 5. The normalized spacial score (nSPS) is 17.0. The van der Waals surface area contributed by atoms with Crippen LogP contribution in [0.4, 0.5) is 10.7 Å². The van der Waals surface area contributed by atoms with Crippen LogP contribution in [0.1, 0.15) is 30.0 Å². The molecule has 0 spiro atoms. The first kappa shape index (κ1) is 20.6. The molecule has 150 valence electrons. The predicted octanol–water partition coefficient (Wildman–Crippen LogP) is 3.16. The van der Waals surface area contributed by atoms with Crippen LogP contribution in [0.2, 0.25) is 0 Å². The van der Waals surface area contributed by atoms with Crippen molar-refractivity contribution in [2.24, 2.45) is 5.92 Å². The zero-order valence-electron chi connectivity index (χ0n) is 16.4. The summed E-state index contributed by atoms with van der Waals surface area (Å²) in [6, 6.07) is 9.29. The summed E-state index contributed by atoms with van der Waals surface area (Å²) < 4.78 is 5.30. The Bertz CT molecular complexity index is 1010. The molecule has 1 aromatic heterocycles. The average Bonchev–Trinajstić information content (AvgIpc) is 3.30. The van der Waals surface area contributed by atoms with Gasteiger partial charge < -0.3 is 15.0 Å². The fourth-order valence-corrected chi connectivity index (χ4v) is 3.90. The van der Waals surface area contributed by atoms with Crippen LogP contribution in [0.15, 0.2) is 29.6 Å². The molecule has 0 aliphatic carbocycles. The van der Waals surface area contributed by atoms with E-state index in [0.29, 0.717) is 10.6 Å². The van der Waals surface area contributed by atoms with Gasteiger partial charge in [0.1, 0.15) is 11.1 Å². The molecular weight excluding hydrogens is 390 g/mol. The minimum Gasteiger partial charge on any atom is -0.452 e. The van der Waals surface area contributed by atoms with Gasteiger partial charge in [0.05, 0.1) is 11.5 Å². The summed E-state index contributed by atoms with van der Waals surface area (Å²) in [5.74, 6) is -1.88. The number of benzene rings is 1. The van der Waals surface area contributed by atoms with Gasteiger partial charge in [-0.1, -0.05) is 12.1 Å². The Balaban J connectivity index is 1.62. The van der Waals surface area contributed by atoms with Crippen LogP contribution in [-0.4, -0.2) is 30.4 Å². The zero-order chi connectivity index (χ0) is 21.1. The van der Waals surface area contributed by atoms with E-state index in [2.05, 4.69) is 5.32 Å². The first-order valence-corrected chi connectivity index (χ1v) is 10.0. The molecule has 2 heterocycles. The van der Waals surface area contributed by atoms with E-state index < -0.39 is 23.9 Å². The van der Waals surface area contributed by atoms with E-state index in [9.17, 15) is 14.4 Å². The van der Waals surface area contributed by atoms with Gasteiger partial charge in [0.2, 0.25) is 5.91 Å². The lowest BCUT2D eigenvalue weighted by atomic mass is 10.1. The predicted molar refractivity (Wildman–Crippen MR) is 110 cm³/mol. The minimum atomic E-state index is -1.04. The van der Waals surface area contributed by atoms with Crippen molar-refractivity contribution in [2.45, 2.75) is 33.3 Å². The Kier molecular flexibility index (Phi) is 5.99. The van der Waals surface area contributed by atoms with Crippen molar-refractivity contribution in [1.29, 1.82) is 5.26 Å². The molecule has 0 radical (unpaired) electrons. The highest BCUT2D eigenvalue weighted by atomic mass is 32.1. The van der Waals surface area contributed by atoms with Gasteiger partial charge in [-0.25, -0.2) is 0 Å². The second kappa shape index (κ2) is 8.45. The summed E-state index contributed by atoms with van der Waals surface area (Å²) in [5, 5.41) is 13.7. The molecule has 1 saturated heterocycles. The first-order valence-electron chi connectivity index (χ1n) is 9.17. The van der Waals surface area contributed by atoms with Crippen LogP contribution < -0.4 is 10.2 Å². The summed E-state index contributed by atoms with van der Waals surface area (Å²) in [5.41, 5.74) is 3.20. The zero-order valence-corrected chi connectivity index (χ0v) is 17.2. The second-order valence-electron chi connectivity index (χ2n) is 6.97. The highest BCUT2D eigenvalue weighted by Crippen LogP contribution is 2.30. The van der Waals surface area contributed by atoms with Gasteiger partial charge in [-0.05, 0) is 49.4 Å². The molecule has 1 N–H and O–H groups in total. The highest BCUT2D eigenvalue weighted by molar-refractivity contribution is 7.14. The smallest absolute Gasteiger partial charge is 0.312 e. The lowest BCUT2D eigenvalue weighted by Crippen LogP contribution is -2.33. The van der Waals surface area contributed by atoms with Crippen molar-refractivity contribution in [3.8, 4) is 6.07 Å². The van der Waals surface area contributed by atoms with Crippen LogP contribution in [-0.2, 0) is 19.1 Å². The molecule has 8 heteroatoms. The molecule has 2 atom stereocenters. The lowest BCUT2D eigenvalue weighted by Gasteiger charge is -2.20. The number of esters is 1. The maximum atomic E-state index is 12.5. The number of hydrogen-bond acceptors (Lipinski definition) is 6. The molecule has 2 amide bonds. The highest BCUT2D eigenvalue weighted by Gasteiger charge is 2.38. The summed E-state index contributed by atoms with van der Waals surface area (Å²) >= 11 is 1.22. The number of nitrogens with one attached hydrogen (secondary N) is 1. The minimum absolute atomic E-state index is 0.0457. The number of aryl methyl sites for hydroxylation is 1. The molecule has 7 nitrogen and oxygen atoms in total. The van der Waals surface area contributed by atoms with E-state index in [4.69, 9.17) is 10.00 Å². The van der Waals surface area contributed by atoms with Gasteiger partial charge in [0.15, 0.2) is 6.10 Å². The van der Waals surface area contributed by atoms with E-state index in [-0.39, 0.29) is 18.9 Å². The Hall–Kier alpha value is -3.18. The van der Waals surface area contributed by atoms with E-state index in [1.165, 1.54) is 18.3 Å². The maximum Gasteiger partial charge on any atom is 0.312 e. The summed E-state index contributed by atoms with van der Waals surface area (Å²) in [4.78, 5) is 38.9. The van der Waals surface area contributed by atoms with E-state index in [1.54, 1.807) is 16.3 Å². The molecular formula is C21H21N3O4S. The molecule has 2 aromatic rings. The second-order valence-corrected chi connectivity index (χ2v) is 7.88. The standard InChI is InChI=1S/C21H21N3O4S/c1-12-5-4-6-17(13(12)2)24-11-16(9-18(24)25)21(27)28-14(3)19(26)23-20-15(10-22)7-8-29-20/h4-8,14,16H,9,11H2,1-3H3,(H,23,26)/t14-,16-/m0/s1. The number of hydrogen-bond donors (Lipinski definition) is 1. The van der Waals surface area contributed by atoms with Crippen molar-refractivity contribution in [1.82, 2.24) is 0 Å². The third kappa shape index (κ3) is 4.30. The van der Waals surface area contributed by atoms with Gasteiger partial charge in [0.25, 0.3) is 5.91 Å². The fraction of sp³-hybridized carbons (Fsp3) is 0.333. The molecule has 1 aliphatic heterocycles. The molecule has 0 unspecified atom stereocenters. The van der Waals surface area contributed by atoms with Gasteiger partial charge in [0, 0.05) is 18.7 Å². The summed E-state index contributed by atoms with van der Waals surface area (Å²) in [7, 11) is 0. The van der Waals surface area contributed by atoms with Crippen LogP contribution >= 0.6 is 11.3 Å². The van der Waals surface area contributed by atoms with Crippen LogP contribution in [0.5, 0.6) is 0 Å². The molecule has 1 aliphatic rings. The lowest BCUT2D eigenvalue weighted by molar-refractivity contribution is -0.157. The molecule has 29 heavy (non-hydrogen) atoms. The largest absolute Gasteiger partial charge is 0.452 e. The summed E-state index contributed by atoms with van der Waals surface area (Å²) in [6.07, 6.45) is -0.995. The van der Waals surface area contributed by atoms with Gasteiger partial charge in [-0.3, -0.25) is 14.4 Å². The maximum absolute atomic E-state index is 12.5. The SMILES string of the molecule is Cc1cccc(N2C[C@@H](C(=O)O[C@@H](C)C(=O)Nc3sccc3C#N)CC2=O)c1C. The van der Waals surface area contributed by atoms with Gasteiger partial charge in [-0.2, -0.15) is 5.26 Å². The fourth-order valence-electron chi connectivity index (χ4n) is 3.16. The number of nitriles is 1. The van der Waals surface area contributed by atoms with E-state index >= 15 is 0 Å². The topological polar surface area (TPSA) is 99.5 Å². The van der Waals surface area contributed by atoms with Crippen molar-refractivity contribution in [2.75, 3.05) is 16.8 Å². The van der Waals surface area contributed by atoms with Crippen molar-refractivity contribution in [3.05, 3.63) is 46.3 Å². The number of thiophene rings is 1. The van der Waals surface area contributed by atoms with Crippen LogP contribution in [0.25, 0.3) is 0 Å². The third-order valence-electron chi connectivity index (χ3n) is 5.01. The molecule has 1 fully saturated rings. The molecule has 0 saturated carbocycles. The quantitative estimate of drug-likeness (QED) is 0.762. The number of anilines is 2. The van der Waals surface area contributed by atoms with Crippen molar-refractivity contribution in [3.63, 3.8) is 0 Å². The first-order chi connectivity index (χ1) is 13.8. The third-order valence-corrected chi connectivity index (χ3v) is 5.84. The number of carbonyl (C=O) groups excluding carboxylic acids is 3. The Labute approximate surface area is 172 Å². The number of ether oxygens (including phenoxy) is 1. The summed E-state index contributed by atoms with van der Waals surface area (Å²) in [6.45, 7) is 5.60. The Morgan fingerprint density at radius 2 is 2.10 bits per heavy atom. The molecule has 3 rings (SSSR count). The number of nitrogens with zero attached hydrogens (tertiary/aromatic N) is 2.